The molecule has 1 atom stereocenters. The quantitative estimate of drug-likeness (QED) is 0.815. The number of carbonyl (C=O) groups excluding carboxylic acids is 1. The maximum Gasteiger partial charge on any atom is 0.242 e. The molecule has 0 aliphatic carbocycles. The van der Waals surface area contributed by atoms with Crippen LogP contribution in [0.5, 0.6) is 0 Å². The number of nitrogens with zero attached hydrogens (tertiary/aromatic N) is 1. The Morgan fingerprint density at radius 3 is 2.96 bits per heavy atom. The highest BCUT2D eigenvalue weighted by molar-refractivity contribution is 7.89. The van der Waals surface area contributed by atoms with Crippen LogP contribution >= 0.6 is 0 Å². The van der Waals surface area contributed by atoms with Crippen molar-refractivity contribution in [2.24, 2.45) is 0 Å². The van der Waals surface area contributed by atoms with Crippen LogP contribution in [-0.4, -0.2) is 43.5 Å². The molecule has 0 spiro atoms. The van der Waals surface area contributed by atoms with Crippen molar-refractivity contribution >= 4 is 21.6 Å². The summed E-state index contributed by atoms with van der Waals surface area (Å²) in [6.45, 7) is 3.46. The largest absolute Gasteiger partial charge is 0.322 e. The lowest BCUT2D eigenvalue weighted by Crippen LogP contribution is -2.50. The normalized spacial score (nSPS) is 21.2. The summed E-state index contributed by atoms with van der Waals surface area (Å²) in [7, 11) is -3.47. The Labute approximate surface area is 154 Å². The average molecular weight is 383 g/mol. The van der Waals surface area contributed by atoms with E-state index in [1.54, 1.807) is 13.0 Å². The van der Waals surface area contributed by atoms with Crippen LogP contribution in [0.15, 0.2) is 12.1 Å². The van der Waals surface area contributed by atoms with E-state index in [9.17, 15) is 17.6 Å². The van der Waals surface area contributed by atoms with E-state index in [0.717, 1.165) is 18.4 Å². The third-order valence-electron chi connectivity index (χ3n) is 5.04. The molecular formula is C18H26FN3O3S. The summed E-state index contributed by atoms with van der Waals surface area (Å²) < 4.78 is 41.0. The summed E-state index contributed by atoms with van der Waals surface area (Å²) in [6, 6.07) is 2.61. The lowest BCUT2D eigenvalue weighted by atomic mass is 9.99. The van der Waals surface area contributed by atoms with Crippen LogP contribution in [0.25, 0.3) is 0 Å². The highest BCUT2D eigenvalue weighted by atomic mass is 32.2. The molecular weight excluding hydrogens is 357 g/mol. The molecule has 8 heteroatoms. The van der Waals surface area contributed by atoms with Gasteiger partial charge in [0, 0.05) is 13.1 Å². The maximum atomic E-state index is 14.8. The maximum absolute atomic E-state index is 14.8. The Bertz CT molecular complexity index is 782. The number of rotatable bonds is 5. The first-order valence-electron chi connectivity index (χ1n) is 9.25. The number of hydrogen-bond donors (Lipinski definition) is 2. The molecule has 26 heavy (non-hydrogen) atoms. The SMILES string of the molecule is CCCS(=O)(=O)N1CCCCC1C(=O)Nc1ccc2c(c1F)CCNC2. The molecule has 1 aromatic rings. The van der Waals surface area contributed by atoms with Crippen molar-refractivity contribution in [1.29, 1.82) is 0 Å². The van der Waals surface area contributed by atoms with Crippen LogP contribution in [0.4, 0.5) is 10.1 Å². The first-order valence-corrected chi connectivity index (χ1v) is 10.9. The predicted octanol–water partition coefficient (Wildman–Crippen LogP) is 2.00. The van der Waals surface area contributed by atoms with Gasteiger partial charge >= 0.3 is 0 Å². The minimum atomic E-state index is -3.47. The van der Waals surface area contributed by atoms with E-state index in [1.807, 2.05) is 6.07 Å². The van der Waals surface area contributed by atoms with Crippen molar-refractivity contribution in [3.05, 3.63) is 29.1 Å². The molecule has 2 N–H and O–H groups in total. The van der Waals surface area contributed by atoms with Gasteiger partial charge in [0.15, 0.2) is 0 Å². The minimum absolute atomic E-state index is 0.0248. The zero-order chi connectivity index (χ0) is 18.7. The Balaban J connectivity index is 1.80. The van der Waals surface area contributed by atoms with Gasteiger partial charge in [-0.3, -0.25) is 4.79 Å². The van der Waals surface area contributed by atoms with Gasteiger partial charge in [-0.15, -0.1) is 0 Å². The number of hydrogen-bond acceptors (Lipinski definition) is 4. The summed E-state index contributed by atoms with van der Waals surface area (Å²) >= 11 is 0. The Hall–Kier alpha value is -1.51. The van der Waals surface area contributed by atoms with Gasteiger partial charge in [-0.25, -0.2) is 12.8 Å². The molecule has 1 saturated heterocycles. The fraction of sp³-hybridized carbons (Fsp3) is 0.611. The fourth-order valence-electron chi connectivity index (χ4n) is 3.72. The number of piperidine rings is 1. The average Bonchev–Trinajstić information content (AvgIpc) is 2.64. The second-order valence-corrected chi connectivity index (χ2v) is 8.96. The van der Waals surface area contributed by atoms with Crippen molar-refractivity contribution in [1.82, 2.24) is 9.62 Å². The number of carbonyl (C=O) groups is 1. The summed E-state index contributed by atoms with van der Waals surface area (Å²) in [5.41, 5.74) is 1.66. The molecule has 3 rings (SSSR count). The number of amides is 1. The van der Waals surface area contributed by atoms with Crippen LogP contribution in [0.2, 0.25) is 0 Å². The topological polar surface area (TPSA) is 78.5 Å². The first kappa shape index (κ1) is 19.3. The standard InChI is InChI=1S/C18H26FN3O3S/c1-2-11-26(24,25)22-10-4-3-5-16(22)18(23)21-15-7-6-13-12-20-9-8-14(13)17(15)19/h6-7,16,20H,2-5,8-12H2,1H3,(H,21,23). The number of fused-ring (bicyclic) bond motifs is 1. The van der Waals surface area contributed by atoms with Gasteiger partial charge in [0.05, 0.1) is 11.4 Å². The van der Waals surface area contributed by atoms with E-state index in [4.69, 9.17) is 0 Å². The highest BCUT2D eigenvalue weighted by Crippen LogP contribution is 2.27. The molecule has 1 fully saturated rings. The molecule has 2 heterocycles. The van der Waals surface area contributed by atoms with Gasteiger partial charge in [0.1, 0.15) is 11.9 Å². The Morgan fingerprint density at radius 1 is 1.38 bits per heavy atom. The number of nitrogens with one attached hydrogen (secondary N) is 2. The highest BCUT2D eigenvalue weighted by Gasteiger charge is 2.36. The Morgan fingerprint density at radius 2 is 2.19 bits per heavy atom. The minimum Gasteiger partial charge on any atom is -0.322 e. The molecule has 0 aromatic heterocycles. The summed E-state index contributed by atoms with van der Waals surface area (Å²) in [5.74, 6) is -0.829. The zero-order valence-electron chi connectivity index (χ0n) is 15.1. The van der Waals surface area contributed by atoms with Gasteiger partial charge in [-0.1, -0.05) is 19.4 Å². The molecule has 2 aliphatic heterocycles. The summed E-state index contributed by atoms with van der Waals surface area (Å²) in [4.78, 5) is 12.8. The van der Waals surface area contributed by atoms with Gasteiger partial charge in [0.25, 0.3) is 0 Å². The second kappa shape index (κ2) is 8.02. The van der Waals surface area contributed by atoms with E-state index >= 15 is 0 Å². The van der Waals surface area contributed by atoms with Crippen LogP contribution in [0.3, 0.4) is 0 Å². The van der Waals surface area contributed by atoms with Gasteiger partial charge in [-0.2, -0.15) is 4.31 Å². The molecule has 144 valence electrons. The molecule has 6 nitrogen and oxygen atoms in total. The van der Waals surface area contributed by atoms with Crippen molar-refractivity contribution in [3.63, 3.8) is 0 Å². The van der Waals surface area contributed by atoms with Crippen molar-refractivity contribution in [2.75, 3.05) is 24.2 Å². The molecule has 2 aliphatic rings. The van der Waals surface area contributed by atoms with Crippen LogP contribution in [-0.2, 0) is 27.8 Å². The third-order valence-corrected chi connectivity index (χ3v) is 7.12. The number of halogens is 1. The van der Waals surface area contributed by atoms with E-state index in [1.165, 1.54) is 4.31 Å². The first-order chi connectivity index (χ1) is 12.4. The summed E-state index contributed by atoms with van der Waals surface area (Å²) in [5, 5.41) is 5.82. The van der Waals surface area contributed by atoms with Crippen LogP contribution in [0, 0.1) is 5.82 Å². The lowest BCUT2D eigenvalue weighted by Gasteiger charge is -2.33. The smallest absolute Gasteiger partial charge is 0.242 e. The number of sulfonamides is 1. The van der Waals surface area contributed by atoms with E-state index < -0.39 is 27.8 Å². The van der Waals surface area contributed by atoms with Gasteiger partial charge in [0.2, 0.25) is 15.9 Å². The third kappa shape index (κ3) is 3.92. The van der Waals surface area contributed by atoms with Crippen LogP contribution in [0.1, 0.15) is 43.7 Å². The van der Waals surface area contributed by atoms with E-state index in [2.05, 4.69) is 10.6 Å². The zero-order valence-corrected chi connectivity index (χ0v) is 15.9. The number of anilines is 1. The van der Waals surface area contributed by atoms with Crippen LogP contribution < -0.4 is 10.6 Å². The van der Waals surface area contributed by atoms with Gasteiger partial charge < -0.3 is 10.6 Å². The lowest BCUT2D eigenvalue weighted by molar-refractivity contribution is -0.120. The number of benzene rings is 1. The Kier molecular flexibility index (Phi) is 5.94. The van der Waals surface area contributed by atoms with Crippen molar-refractivity contribution < 1.29 is 17.6 Å². The molecule has 1 aromatic carbocycles. The van der Waals surface area contributed by atoms with Gasteiger partial charge in [-0.05, 0) is 49.4 Å². The second-order valence-electron chi connectivity index (χ2n) is 6.92. The molecule has 1 amide bonds. The van der Waals surface area contributed by atoms with E-state index in [-0.39, 0.29) is 11.4 Å². The molecule has 0 radical (unpaired) electrons. The van der Waals surface area contributed by atoms with Crippen molar-refractivity contribution in [3.8, 4) is 0 Å². The molecule has 0 bridgehead atoms. The monoisotopic (exact) mass is 383 g/mol. The fourth-order valence-corrected chi connectivity index (χ4v) is 5.47. The van der Waals surface area contributed by atoms with Crippen molar-refractivity contribution in [2.45, 2.75) is 51.6 Å². The van der Waals surface area contributed by atoms with E-state index in [0.29, 0.717) is 44.5 Å². The molecule has 1 unspecified atom stereocenters. The predicted molar refractivity (Wildman–Crippen MR) is 98.9 cm³/mol. The molecule has 0 saturated carbocycles. The summed E-state index contributed by atoms with van der Waals surface area (Å²) in [6.07, 6.45) is 3.07.